The van der Waals surface area contributed by atoms with Gasteiger partial charge in [-0.05, 0) is 64.7 Å². The third-order valence-electron chi connectivity index (χ3n) is 6.21. The van der Waals surface area contributed by atoms with Gasteiger partial charge in [-0.3, -0.25) is 19.8 Å². The van der Waals surface area contributed by atoms with Crippen molar-refractivity contribution in [2.24, 2.45) is 0 Å². The summed E-state index contributed by atoms with van der Waals surface area (Å²) in [6.07, 6.45) is 0.798. The Bertz CT molecular complexity index is 1360. The van der Waals surface area contributed by atoms with Gasteiger partial charge in [-0.2, -0.15) is 0 Å². The number of carbonyl (C=O) groups excluding carboxylic acids is 1. The lowest BCUT2D eigenvalue weighted by Crippen LogP contribution is -2.45. The van der Waals surface area contributed by atoms with Gasteiger partial charge in [-0.1, -0.05) is 46.3 Å². The van der Waals surface area contributed by atoms with E-state index in [9.17, 15) is 23.3 Å². The summed E-state index contributed by atoms with van der Waals surface area (Å²) >= 11 is 6.63. The molecule has 3 aromatic carbocycles. The molecule has 1 fully saturated rings. The maximum Gasteiger partial charge on any atom is 0.270 e. The summed E-state index contributed by atoms with van der Waals surface area (Å²) in [5, 5.41) is 13.4. The molecule has 36 heavy (non-hydrogen) atoms. The minimum atomic E-state index is -3.49. The molecule has 1 unspecified atom stereocenters. The number of piperidine rings is 1. The molecule has 1 aliphatic heterocycles. The van der Waals surface area contributed by atoms with E-state index in [0.29, 0.717) is 41.0 Å². The zero-order valence-corrected chi connectivity index (χ0v) is 23.0. The first-order valence-corrected chi connectivity index (χ1v) is 14.3. The Kier molecular flexibility index (Phi) is 8.23. The highest BCUT2D eigenvalue weighted by Gasteiger charge is 2.36. The minimum absolute atomic E-state index is 0.0893. The van der Waals surface area contributed by atoms with Gasteiger partial charge in [0.05, 0.1) is 20.8 Å². The number of nitro benzene ring substituents is 1. The van der Waals surface area contributed by atoms with Gasteiger partial charge in [0, 0.05) is 34.2 Å². The van der Waals surface area contributed by atoms with Crippen LogP contribution in [0.3, 0.4) is 0 Å². The van der Waals surface area contributed by atoms with Crippen LogP contribution in [0.4, 0.5) is 11.4 Å². The largest absolute Gasteiger partial charge is 0.323 e. The number of halogens is 2. The van der Waals surface area contributed by atoms with Gasteiger partial charge in [-0.25, -0.2) is 8.42 Å². The van der Waals surface area contributed by atoms with Crippen molar-refractivity contribution in [1.82, 2.24) is 4.90 Å². The Morgan fingerprint density at radius 2 is 1.64 bits per heavy atom. The lowest BCUT2D eigenvalue weighted by molar-refractivity contribution is -0.384. The van der Waals surface area contributed by atoms with E-state index in [4.69, 9.17) is 0 Å². The van der Waals surface area contributed by atoms with Crippen LogP contribution in [0.25, 0.3) is 0 Å². The molecule has 1 N–H and O–H groups in total. The van der Waals surface area contributed by atoms with E-state index in [1.807, 2.05) is 35.2 Å². The van der Waals surface area contributed by atoms with Crippen LogP contribution in [0.5, 0.6) is 0 Å². The van der Waals surface area contributed by atoms with E-state index < -0.39 is 26.1 Å². The van der Waals surface area contributed by atoms with Crippen LogP contribution in [0.1, 0.15) is 24.4 Å². The smallest absolute Gasteiger partial charge is 0.270 e. The van der Waals surface area contributed by atoms with Gasteiger partial charge in [0.2, 0.25) is 5.91 Å². The van der Waals surface area contributed by atoms with Crippen molar-refractivity contribution in [2.45, 2.75) is 29.0 Å². The first-order chi connectivity index (χ1) is 17.2. The van der Waals surface area contributed by atoms with E-state index in [-0.39, 0.29) is 11.6 Å². The van der Waals surface area contributed by atoms with Crippen LogP contribution >= 0.6 is 31.9 Å². The molecule has 188 valence electrons. The van der Waals surface area contributed by atoms with Gasteiger partial charge >= 0.3 is 0 Å². The number of nitrogens with one attached hydrogen (secondary N) is 1. The molecule has 1 aliphatic rings. The van der Waals surface area contributed by atoms with E-state index in [2.05, 4.69) is 37.2 Å². The van der Waals surface area contributed by atoms with E-state index in [1.165, 1.54) is 18.2 Å². The number of sulfone groups is 1. The molecule has 0 bridgehead atoms. The van der Waals surface area contributed by atoms with Crippen LogP contribution in [0.15, 0.2) is 86.6 Å². The molecular weight excluding hydrogens is 614 g/mol. The summed E-state index contributed by atoms with van der Waals surface area (Å²) in [6.45, 7) is 0.851. The number of anilines is 1. The molecule has 1 heterocycles. The van der Waals surface area contributed by atoms with Gasteiger partial charge in [0.1, 0.15) is 6.04 Å². The molecule has 0 spiro atoms. The van der Waals surface area contributed by atoms with Crippen molar-refractivity contribution in [1.29, 1.82) is 0 Å². The molecule has 3 aromatic rings. The van der Waals surface area contributed by atoms with Crippen LogP contribution in [0, 0.1) is 10.1 Å². The second kappa shape index (κ2) is 11.2. The monoisotopic (exact) mass is 635 g/mol. The van der Waals surface area contributed by atoms with Crippen LogP contribution in [0.2, 0.25) is 0 Å². The fourth-order valence-corrected chi connectivity index (χ4v) is 6.81. The molecule has 0 aliphatic carbocycles. The Balaban J connectivity index is 1.53. The van der Waals surface area contributed by atoms with Gasteiger partial charge in [0.15, 0.2) is 9.84 Å². The van der Waals surface area contributed by atoms with Crippen molar-refractivity contribution in [2.75, 3.05) is 18.4 Å². The topological polar surface area (TPSA) is 110 Å². The second-order valence-corrected chi connectivity index (χ2v) is 12.5. The quantitative estimate of drug-likeness (QED) is 0.262. The molecule has 1 amide bonds. The summed E-state index contributed by atoms with van der Waals surface area (Å²) in [5.41, 5.74) is 1.11. The molecule has 4 rings (SSSR count). The predicted octanol–water partition coefficient (Wildman–Crippen LogP) is 5.74. The summed E-state index contributed by atoms with van der Waals surface area (Å²) in [7, 11) is -3.49. The molecule has 0 saturated carbocycles. The molecular formula is C25H23Br2N3O5S. The standard InChI is InChI=1S/C25H23Br2N3O5S/c26-18-6-9-20(10-7-18)36(34,35)21-12-14-29(15-13-21)24(17-4-2-1-3-5-17)25(31)28-23-11-8-19(30(32)33)16-22(23)27/h1-11,16,21,24H,12-15H2,(H,28,31). The Hall–Kier alpha value is -2.60. The number of amides is 1. The van der Waals surface area contributed by atoms with Gasteiger partial charge < -0.3 is 5.32 Å². The Morgan fingerprint density at radius 3 is 2.22 bits per heavy atom. The van der Waals surface area contributed by atoms with Crippen molar-refractivity contribution in [3.05, 3.63) is 97.4 Å². The molecule has 11 heteroatoms. The number of nitrogens with zero attached hydrogens (tertiary/aromatic N) is 2. The highest BCUT2D eigenvalue weighted by atomic mass is 79.9. The maximum absolute atomic E-state index is 13.5. The molecule has 1 atom stereocenters. The number of non-ortho nitro benzene ring substituents is 1. The molecule has 0 aromatic heterocycles. The molecule has 0 radical (unpaired) electrons. The average Bonchev–Trinajstić information content (AvgIpc) is 2.86. The van der Waals surface area contributed by atoms with Crippen molar-refractivity contribution >= 4 is 59.0 Å². The SMILES string of the molecule is O=C(Nc1ccc([N+](=O)[O-])cc1Br)C(c1ccccc1)N1CCC(S(=O)(=O)c2ccc(Br)cc2)CC1. The van der Waals surface area contributed by atoms with Crippen molar-refractivity contribution in [3.8, 4) is 0 Å². The molecule has 8 nitrogen and oxygen atoms in total. The van der Waals surface area contributed by atoms with Crippen LogP contribution in [-0.4, -0.2) is 42.5 Å². The Morgan fingerprint density at radius 1 is 1.00 bits per heavy atom. The lowest BCUT2D eigenvalue weighted by Gasteiger charge is -2.36. The number of likely N-dealkylation sites (tertiary alicyclic amines) is 1. The second-order valence-electron chi connectivity index (χ2n) is 8.46. The average molecular weight is 637 g/mol. The zero-order chi connectivity index (χ0) is 25.9. The highest BCUT2D eigenvalue weighted by Crippen LogP contribution is 2.33. The Labute approximate surface area is 226 Å². The van der Waals surface area contributed by atoms with E-state index >= 15 is 0 Å². The summed E-state index contributed by atoms with van der Waals surface area (Å²) in [6, 6.07) is 19.4. The summed E-state index contributed by atoms with van der Waals surface area (Å²) in [4.78, 5) is 26.3. The first kappa shape index (κ1) is 26.5. The number of hydrogen-bond donors (Lipinski definition) is 1. The molecule has 1 saturated heterocycles. The van der Waals surface area contributed by atoms with Crippen LogP contribution in [-0.2, 0) is 14.6 Å². The minimum Gasteiger partial charge on any atom is -0.323 e. The van der Waals surface area contributed by atoms with Gasteiger partial charge in [0.25, 0.3) is 5.69 Å². The number of benzene rings is 3. The number of nitro groups is 1. The zero-order valence-electron chi connectivity index (χ0n) is 19.0. The van der Waals surface area contributed by atoms with Crippen molar-refractivity contribution < 1.29 is 18.1 Å². The number of rotatable bonds is 7. The first-order valence-electron chi connectivity index (χ1n) is 11.2. The number of carbonyl (C=O) groups is 1. The van der Waals surface area contributed by atoms with Crippen molar-refractivity contribution in [3.63, 3.8) is 0 Å². The summed E-state index contributed by atoms with van der Waals surface area (Å²) in [5.74, 6) is -0.301. The lowest BCUT2D eigenvalue weighted by atomic mass is 10.0. The third-order valence-corrected chi connectivity index (χ3v) is 9.67. The fraction of sp³-hybridized carbons (Fsp3) is 0.240. The van der Waals surface area contributed by atoms with Gasteiger partial charge in [-0.15, -0.1) is 0 Å². The number of hydrogen-bond acceptors (Lipinski definition) is 6. The normalized spacial score (nSPS) is 15.8. The summed E-state index contributed by atoms with van der Waals surface area (Å²) < 4.78 is 27.5. The van der Waals surface area contributed by atoms with Crippen LogP contribution < -0.4 is 5.32 Å². The maximum atomic E-state index is 13.5. The predicted molar refractivity (Wildman–Crippen MR) is 145 cm³/mol. The van der Waals surface area contributed by atoms with E-state index in [1.54, 1.807) is 24.3 Å². The fourth-order valence-electron chi connectivity index (χ4n) is 4.34. The van der Waals surface area contributed by atoms with E-state index in [0.717, 1.165) is 10.0 Å². The highest BCUT2D eigenvalue weighted by molar-refractivity contribution is 9.10. The third kappa shape index (κ3) is 5.86.